The van der Waals surface area contributed by atoms with E-state index < -0.39 is 91.5 Å². The van der Waals surface area contributed by atoms with Gasteiger partial charge < -0.3 is 29.7 Å². The van der Waals surface area contributed by atoms with Crippen molar-refractivity contribution in [2.75, 3.05) is 13.7 Å². The Morgan fingerprint density at radius 1 is 1.12 bits per heavy atom. The van der Waals surface area contributed by atoms with Gasteiger partial charge in [0.15, 0.2) is 5.60 Å². The van der Waals surface area contributed by atoms with Crippen molar-refractivity contribution in [1.82, 2.24) is 25.2 Å². The number of allylic oxidation sites excluding steroid dienone is 1. The molecule has 7 atom stereocenters. The average Bonchev–Trinajstić information content (AvgIpc) is 4.03. The lowest BCUT2D eigenvalue weighted by Crippen LogP contribution is -2.60. The maximum atomic E-state index is 15.0. The molecule has 4 aliphatic rings. The monoisotopic (exact) mass is 849 g/mol. The molecule has 59 heavy (non-hydrogen) atoms. The van der Waals surface area contributed by atoms with Crippen molar-refractivity contribution in [3.05, 3.63) is 42.2 Å². The van der Waals surface area contributed by atoms with Crippen LogP contribution in [0.1, 0.15) is 92.9 Å². The lowest BCUT2D eigenvalue weighted by atomic mass is 9.85. The minimum atomic E-state index is -4.08. The summed E-state index contributed by atoms with van der Waals surface area (Å²) in [5, 5.41) is 6.20. The second-order valence-electron chi connectivity index (χ2n) is 17.4. The molecule has 0 bridgehead atoms. The number of hydrogen-bond acceptors (Lipinski definition) is 10. The van der Waals surface area contributed by atoms with Gasteiger partial charge in [0.2, 0.25) is 33.6 Å². The van der Waals surface area contributed by atoms with E-state index in [0.717, 1.165) is 13.8 Å². The molecule has 2 aromatic rings. The van der Waals surface area contributed by atoms with Crippen LogP contribution in [0, 0.1) is 23.6 Å². The zero-order valence-corrected chi connectivity index (χ0v) is 35.2. The largest absolute Gasteiger partial charge is 0.481 e. The Bertz CT molecular complexity index is 2130. The SMILES string of the molecule is CC[C@@H]1C[C@H](C)CC/C=C\C2C[C@@]2(C(=O)NS(=O)(=O)C2(C)CC2)NC(=O)[C@@H]2C[C@@H](Oc3nc(OC)cc4cc(F)ccc34)CN2C(=O)[C@H]1NC(=O)OC(C)(C)C(C)(F)F. The minimum Gasteiger partial charge on any atom is -0.481 e. The topological polar surface area (TPSA) is 182 Å². The van der Waals surface area contributed by atoms with Gasteiger partial charge in [-0.2, -0.15) is 4.98 Å². The van der Waals surface area contributed by atoms with Crippen LogP contribution >= 0.6 is 0 Å². The smallest absolute Gasteiger partial charge is 0.408 e. The molecule has 2 aliphatic heterocycles. The molecule has 1 aromatic heterocycles. The summed E-state index contributed by atoms with van der Waals surface area (Å²) < 4.78 is 87.6. The average molecular weight is 850 g/mol. The van der Waals surface area contributed by atoms with Gasteiger partial charge >= 0.3 is 6.09 Å². The van der Waals surface area contributed by atoms with Gasteiger partial charge in [-0.15, -0.1) is 0 Å². The second-order valence-corrected chi connectivity index (χ2v) is 19.6. The summed E-state index contributed by atoms with van der Waals surface area (Å²) in [4.78, 5) is 62.6. The minimum absolute atomic E-state index is 0.00146. The van der Waals surface area contributed by atoms with Gasteiger partial charge in [-0.25, -0.2) is 26.4 Å². The summed E-state index contributed by atoms with van der Waals surface area (Å²) in [7, 11) is -2.71. The highest BCUT2D eigenvalue weighted by atomic mass is 32.2. The third kappa shape index (κ3) is 9.11. The molecule has 324 valence electrons. The molecule has 2 aliphatic carbocycles. The number of methoxy groups -OCH3 is 1. The maximum absolute atomic E-state index is 15.0. The predicted octanol–water partition coefficient (Wildman–Crippen LogP) is 5.54. The number of ether oxygens (including phenoxy) is 3. The third-order valence-electron chi connectivity index (χ3n) is 12.5. The lowest BCUT2D eigenvalue weighted by Gasteiger charge is -2.35. The summed E-state index contributed by atoms with van der Waals surface area (Å²) in [5.41, 5.74) is -3.89. The van der Waals surface area contributed by atoms with Gasteiger partial charge in [0.1, 0.15) is 29.5 Å². The zero-order valence-electron chi connectivity index (χ0n) is 34.4. The van der Waals surface area contributed by atoms with Crippen LogP contribution in [0.3, 0.4) is 0 Å². The highest BCUT2D eigenvalue weighted by Gasteiger charge is 2.63. The molecule has 1 aromatic carbocycles. The summed E-state index contributed by atoms with van der Waals surface area (Å²) in [6.45, 7) is 7.85. The quantitative estimate of drug-likeness (QED) is 0.257. The Kier molecular flexibility index (Phi) is 12.0. The molecular weight excluding hydrogens is 796 g/mol. The van der Waals surface area contributed by atoms with E-state index in [2.05, 4.69) is 20.3 Å². The fraction of sp³-hybridized carbons (Fsp3) is 0.634. The third-order valence-corrected chi connectivity index (χ3v) is 14.7. The maximum Gasteiger partial charge on any atom is 0.408 e. The summed E-state index contributed by atoms with van der Waals surface area (Å²) >= 11 is 0. The number of alkyl halides is 2. The van der Waals surface area contributed by atoms with Crippen LogP contribution in [0.5, 0.6) is 11.8 Å². The van der Waals surface area contributed by atoms with E-state index in [9.17, 15) is 40.8 Å². The normalized spacial score (nSPS) is 29.2. The van der Waals surface area contributed by atoms with E-state index in [1.165, 1.54) is 36.3 Å². The highest BCUT2D eigenvalue weighted by Crippen LogP contribution is 2.48. The first-order valence-corrected chi connectivity index (χ1v) is 21.6. The van der Waals surface area contributed by atoms with Crippen molar-refractivity contribution in [2.45, 2.75) is 133 Å². The molecule has 0 spiro atoms. The van der Waals surface area contributed by atoms with Gasteiger partial charge in [0.25, 0.3) is 11.8 Å². The molecule has 4 amide bonds. The molecule has 1 saturated heterocycles. The van der Waals surface area contributed by atoms with E-state index in [-0.39, 0.29) is 37.1 Å². The van der Waals surface area contributed by atoms with E-state index >= 15 is 0 Å². The standard InChI is InChI=1S/C41H54F3N5O9S/c1-8-24-17-23(2)11-9-10-12-26-21-41(26,36(52)48-59(54,55)39(5)15-16-39)47-33(50)30-20-28(57-34-29-14-13-27(42)18-25(29)19-31(45-34)56-7)22-49(30)35(51)32(24)46-37(53)58-38(3,4)40(6,43)44/h10,12-14,18-19,23-24,26,28,30,32H,8-9,11,15-17,20-22H2,1-7H3,(H,46,53)(H,47,50)(H,48,52)/b12-10-/t23-,24-,26?,28-,30+,32+,41-/m1/s1. The van der Waals surface area contributed by atoms with Gasteiger partial charge in [0, 0.05) is 30.7 Å². The molecule has 3 N–H and O–H groups in total. The Hall–Kier alpha value is -4.61. The Morgan fingerprint density at radius 3 is 2.47 bits per heavy atom. The first-order valence-electron chi connectivity index (χ1n) is 20.1. The molecule has 6 rings (SSSR count). The van der Waals surface area contributed by atoms with Crippen molar-refractivity contribution in [3.63, 3.8) is 0 Å². The van der Waals surface area contributed by atoms with E-state index in [4.69, 9.17) is 14.2 Å². The molecule has 14 nitrogen and oxygen atoms in total. The number of benzene rings is 1. The number of nitrogens with one attached hydrogen (secondary N) is 3. The molecule has 18 heteroatoms. The first-order chi connectivity index (χ1) is 27.5. The molecule has 3 heterocycles. The van der Waals surface area contributed by atoms with E-state index in [1.54, 1.807) is 13.0 Å². The van der Waals surface area contributed by atoms with Crippen molar-refractivity contribution in [2.24, 2.45) is 17.8 Å². The Morgan fingerprint density at radius 2 is 1.83 bits per heavy atom. The molecule has 2 saturated carbocycles. The lowest BCUT2D eigenvalue weighted by molar-refractivity contribution is -0.152. The van der Waals surface area contributed by atoms with Crippen molar-refractivity contribution in [3.8, 4) is 11.8 Å². The fourth-order valence-corrected chi connectivity index (χ4v) is 9.13. The number of alkyl carbamates (subject to hydrolysis) is 1. The number of sulfonamides is 1. The predicted molar refractivity (Wildman–Crippen MR) is 211 cm³/mol. The summed E-state index contributed by atoms with van der Waals surface area (Å²) in [6.07, 6.45) is 4.23. The Balaban J connectivity index is 1.38. The number of fused-ring (bicyclic) bond motifs is 3. The second kappa shape index (κ2) is 16.1. The number of halogens is 3. The van der Waals surface area contributed by atoms with Gasteiger partial charge in [0.05, 0.1) is 18.4 Å². The first kappa shape index (κ1) is 44.0. The van der Waals surface area contributed by atoms with Crippen molar-refractivity contribution in [1.29, 1.82) is 0 Å². The summed E-state index contributed by atoms with van der Waals surface area (Å²) in [5.74, 6) is -7.29. The van der Waals surface area contributed by atoms with Crippen LogP contribution in [0.2, 0.25) is 0 Å². The molecule has 3 fully saturated rings. The molecule has 0 radical (unpaired) electrons. The van der Waals surface area contributed by atoms with E-state index in [0.29, 0.717) is 56.2 Å². The highest BCUT2D eigenvalue weighted by molar-refractivity contribution is 7.91. The van der Waals surface area contributed by atoms with E-state index in [1.807, 2.05) is 19.9 Å². The molecule has 1 unspecified atom stereocenters. The number of hydrogen-bond donors (Lipinski definition) is 3. The van der Waals surface area contributed by atoms with Crippen LogP contribution < -0.4 is 24.8 Å². The Labute approximate surface area is 342 Å². The number of carbonyl (C=O) groups is 4. The van der Waals surface area contributed by atoms with Crippen molar-refractivity contribution >= 4 is 44.6 Å². The zero-order chi connectivity index (χ0) is 43.3. The van der Waals surface area contributed by atoms with Crippen LogP contribution in [0.15, 0.2) is 36.4 Å². The number of aromatic nitrogens is 1. The van der Waals surface area contributed by atoms with Crippen molar-refractivity contribution < 1.29 is 55.0 Å². The van der Waals surface area contributed by atoms with Gasteiger partial charge in [-0.05, 0) is 94.7 Å². The van der Waals surface area contributed by atoms with Crippen LogP contribution in [0.25, 0.3) is 10.8 Å². The fourth-order valence-electron chi connectivity index (χ4n) is 7.82. The van der Waals surface area contributed by atoms with Gasteiger partial charge in [-0.1, -0.05) is 32.4 Å². The number of rotatable bonds is 10. The van der Waals surface area contributed by atoms with Gasteiger partial charge in [-0.3, -0.25) is 19.1 Å². The number of nitrogens with zero attached hydrogens (tertiary/aromatic N) is 2. The number of carbonyl (C=O) groups excluding carboxylic acids is 4. The van der Waals surface area contributed by atoms with Crippen LogP contribution in [-0.2, 0) is 29.1 Å². The summed E-state index contributed by atoms with van der Waals surface area (Å²) in [6, 6.07) is 2.81. The number of pyridine rings is 1. The van der Waals surface area contributed by atoms with Crippen LogP contribution in [0.4, 0.5) is 18.0 Å². The van der Waals surface area contributed by atoms with Crippen LogP contribution in [-0.4, -0.2) is 95.8 Å². The molecular formula is C41H54F3N5O9S. The number of amides is 4.